The van der Waals surface area contributed by atoms with Crippen LogP contribution in [0.4, 0.5) is 22.0 Å². The molecule has 1 N–H and O–H groups in total. The predicted octanol–water partition coefficient (Wildman–Crippen LogP) is 3.53. The molecule has 0 unspecified atom stereocenters. The van der Waals surface area contributed by atoms with Gasteiger partial charge in [0.15, 0.2) is 11.3 Å². The molecule has 0 atom stereocenters. The van der Waals surface area contributed by atoms with Crippen LogP contribution in [0, 0.1) is 0 Å². The van der Waals surface area contributed by atoms with Gasteiger partial charge in [-0.05, 0) is 12.1 Å². The lowest BCUT2D eigenvalue weighted by atomic mass is 10.2. The van der Waals surface area contributed by atoms with Gasteiger partial charge in [-0.3, -0.25) is 0 Å². The molecule has 1 aromatic heterocycles. The molecule has 1 aromatic carbocycles. The number of nitrogens with zero attached hydrogens (tertiary/aromatic N) is 2. The molecule has 0 spiro atoms. The van der Waals surface area contributed by atoms with Gasteiger partial charge in [0.1, 0.15) is 11.5 Å². The third-order valence-electron chi connectivity index (χ3n) is 2.72. The van der Waals surface area contributed by atoms with Crippen molar-refractivity contribution >= 4 is 5.97 Å². The number of hydrogen-bond acceptors (Lipinski definition) is 4. The van der Waals surface area contributed by atoms with E-state index in [9.17, 15) is 26.7 Å². The van der Waals surface area contributed by atoms with Crippen molar-refractivity contribution in [3.8, 4) is 17.4 Å². The van der Waals surface area contributed by atoms with Gasteiger partial charge in [-0.15, -0.1) is 0 Å². The van der Waals surface area contributed by atoms with Gasteiger partial charge in [-0.1, -0.05) is 6.07 Å². The lowest BCUT2D eigenvalue weighted by Crippen LogP contribution is -2.12. The monoisotopic (exact) mass is 352 g/mol. The summed E-state index contributed by atoms with van der Waals surface area (Å²) in [7, 11) is 1.05. The zero-order chi connectivity index (χ0) is 18.1. The average molecular weight is 352 g/mol. The Morgan fingerprint density at radius 3 is 2.46 bits per heavy atom. The fourth-order valence-electron chi connectivity index (χ4n) is 1.84. The highest BCUT2D eigenvalue weighted by Crippen LogP contribution is 2.37. The normalized spacial score (nSPS) is 11.6. The maximum atomic E-state index is 12.9. The molecule has 0 fully saturated rings. The first kappa shape index (κ1) is 17.5. The first-order valence-electron chi connectivity index (χ1n) is 6.19. The maximum Gasteiger partial charge on any atom is 0.436 e. The smallest absolute Gasteiger partial charge is 0.436 e. The predicted molar refractivity (Wildman–Crippen MR) is 68.3 cm³/mol. The summed E-state index contributed by atoms with van der Waals surface area (Å²) < 4.78 is 72.7. The van der Waals surface area contributed by atoms with Crippen LogP contribution in [0.15, 0.2) is 24.3 Å². The van der Waals surface area contributed by atoms with E-state index in [-0.39, 0.29) is 11.5 Å². The van der Waals surface area contributed by atoms with E-state index in [0.717, 1.165) is 13.1 Å². The van der Waals surface area contributed by atoms with Crippen LogP contribution >= 0.6 is 0 Å². The Kier molecular flexibility index (Phi) is 4.62. The summed E-state index contributed by atoms with van der Waals surface area (Å²) in [4.78, 5) is 11.1. The quantitative estimate of drug-likeness (QED) is 0.834. The topological polar surface area (TPSA) is 73.6 Å². The molecule has 2 rings (SSSR count). The summed E-state index contributed by atoms with van der Waals surface area (Å²) in [5.74, 6) is -3.11. The standard InChI is InChI=1S/C13H9F5N2O4/c1-20-10(8(11(21)22)9(19-20)13(16,17)18)23-6-3-2-4-7(5-6)24-12(14)15/h2-5,12H,1H3,(H,21,22). The largest absolute Gasteiger partial charge is 0.477 e. The van der Waals surface area contributed by atoms with Crippen LogP contribution in [0.2, 0.25) is 0 Å². The van der Waals surface area contributed by atoms with Crippen molar-refractivity contribution in [2.45, 2.75) is 12.8 Å². The summed E-state index contributed by atoms with van der Waals surface area (Å²) in [6.07, 6.45) is -5.01. The van der Waals surface area contributed by atoms with Gasteiger partial charge in [0.25, 0.3) is 0 Å². The number of hydrogen-bond donors (Lipinski definition) is 1. The molecule has 11 heteroatoms. The highest BCUT2D eigenvalue weighted by molar-refractivity contribution is 5.92. The zero-order valence-electron chi connectivity index (χ0n) is 11.8. The molecule has 6 nitrogen and oxygen atoms in total. The highest BCUT2D eigenvalue weighted by atomic mass is 19.4. The lowest BCUT2D eigenvalue weighted by molar-refractivity contribution is -0.142. The van der Waals surface area contributed by atoms with E-state index in [2.05, 4.69) is 9.84 Å². The summed E-state index contributed by atoms with van der Waals surface area (Å²) in [6, 6.07) is 4.61. The molecule has 0 aliphatic heterocycles. The molecule has 0 aliphatic rings. The molecule has 0 radical (unpaired) electrons. The van der Waals surface area contributed by atoms with Gasteiger partial charge < -0.3 is 14.6 Å². The number of aromatic carboxylic acids is 1. The zero-order valence-corrected chi connectivity index (χ0v) is 11.8. The number of alkyl halides is 5. The van der Waals surface area contributed by atoms with Crippen LogP contribution < -0.4 is 9.47 Å². The molecular formula is C13H9F5N2O4. The number of ether oxygens (including phenoxy) is 2. The molecular weight excluding hydrogens is 343 g/mol. The number of carboxylic acids is 1. The third kappa shape index (κ3) is 3.73. The number of carbonyl (C=O) groups is 1. The number of aromatic nitrogens is 2. The summed E-state index contributed by atoms with van der Waals surface area (Å²) in [6.45, 7) is -3.11. The molecule has 0 bridgehead atoms. The molecule has 0 amide bonds. The molecule has 2 aromatic rings. The van der Waals surface area contributed by atoms with E-state index in [1.165, 1.54) is 18.2 Å². The maximum absolute atomic E-state index is 12.9. The summed E-state index contributed by atoms with van der Waals surface area (Å²) in [5, 5.41) is 12.1. The van der Waals surface area contributed by atoms with E-state index in [1.54, 1.807) is 0 Å². The molecule has 24 heavy (non-hydrogen) atoms. The number of rotatable bonds is 5. The van der Waals surface area contributed by atoms with Gasteiger partial charge in [0, 0.05) is 13.1 Å². The van der Waals surface area contributed by atoms with E-state index in [4.69, 9.17) is 9.84 Å². The van der Waals surface area contributed by atoms with Crippen LogP contribution in [-0.4, -0.2) is 27.5 Å². The minimum atomic E-state index is -5.01. The number of halogens is 5. The minimum absolute atomic E-state index is 0.202. The SMILES string of the molecule is Cn1nc(C(F)(F)F)c(C(=O)O)c1Oc1cccc(OC(F)F)c1. The Morgan fingerprint density at radius 1 is 1.29 bits per heavy atom. The van der Waals surface area contributed by atoms with Gasteiger partial charge in [0.2, 0.25) is 5.88 Å². The minimum Gasteiger partial charge on any atom is -0.477 e. The molecule has 0 saturated carbocycles. The molecule has 0 aliphatic carbocycles. The van der Waals surface area contributed by atoms with Crippen molar-refractivity contribution in [3.63, 3.8) is 0 Å². The Labute approximate surface area is 131 Å². The van der Waals surface area contributed by atoms with Crippen LogP contribution in [0.5, 0.6) is 17.4 Å². The summed E-state index contributed by atoms with van der Waals surface area (Å²) in [5.41, 5.74) is -2.82. The number of benzene rings is 1. The Morgan fingerprint density at radius 2 is 1.92 bits per heavy atom. The summed E-state index contributed by atoms with van der Waals surface area (Å²) >= 11 is 0. The first-order chi connectivity index (χ1) is 11.1. The van der Waals surface area contributed by atoms with Crippen molar-refractivity contribution < 1.29 is 41.3 Å². The fraction of sp³-hybridized carbons (Fsp3) is 0.231. The van der Waals surface area contributed by atoms with E-state index < -0.39 is 35.9 Å². The molecule has 130 valence electrons. The van der Waals surface area contributed by atoms with E-state index in [0.29, 0.717) is 4.68 Å². The van der Waals surface area contributed by atoms with Gasteiger partial charge in [-0.2, -0.15) is 27.1 Å². The Bertz CT molecular complexity index is 757. The fourth-order valence-corrected chi connectivity index (χ4v) is 1.84. The number of aryl methyl sites for hydroxylation is 1. The second-order valence-electron chi connectivity index (χ2n) is 4.41. The first-order valence-corrected chi connectivity index (χ1v) is 6.19. The van der Waals surface area contributed by atoms with Gasteiger partial charge in [0.05, 0.1) is 0 Å². The van der Waals surface area contributed by atoms with Crippen LogP contribution in [0.3, 0.4) is 0 Å². The van der Waals surface area contributed by atoms with Gasteiger partial charge in [-0.25, -0.2) is 9.48 Å². The van der Waals surface area contributed by atoms with Crippen molar-refractivity contribution in [3.05, 3.63) is 35.5 Å². The van der Waals surface area contributed by atoms with Crippen molar-refractivity contribution in [1.29, 1.82) is 0 Å². The van der Waals surface area contributed by atoms with Gasteiger partial charge >= 0.3 is 18.8 Å². The molecule has 1 heterocycles. The third-order valence-corrected chi connectivity index (χ3v) is 2.72. The van der Waals surface area contributed by atoms with E-state index in [1.807, 2.05) is 0 Å². The van der Waals surface area contributed by atoms with Crippen LogP contribution in [-0.2, 0) is 13.2 Å². The van der Waals surface area contributed by atoms with Crippen LogP contribution in [0.1, 0.15) is 16.1 Å². The average Bonchev–Trinajstić information content (AvgIpc) is 2.76. The molecule has 0 saturated heterocycles. The van der Waals surface area contributed by atoms with Crippen LogP contribution in [0.25, 0.3) is 0 Å². The second kappa shape index (κ2) is 6.34. The van der Waals surface area contributed by atoms with E-state index >= 15 is 0 Å². The number of carboxylic acid groups (broad SMARTS) is 1. The Hall–Kier alpha value is -2.85. The lowest BCUT2D eigenvalue weighted by Gasteiger charge is -2.09. The van der Waals surface area contributed by atoms with Crippen molar-refractivity contribution in [2.75, 3.05) is 0 Å². The van der Waals surface area contributed by atoms with Crippen molar-refractivity contribution in [2.24, 2.45) is 7.05 Å². The Balaban J connectivity index is 2.43. The van der Waals surface area contributed by atoms with Crippen molar-refractivity contribution in [1.82, 2.24) is 9.78 Å². The highest BCUT2D eigenvalue weighted by Gasteiger charge is 2.42. The second-order valence-corrected chi connectivity index (χ2v) is 4.41.